The lowest BCUT2D eigenvalue weighted by molar-refractivity contribution is -0.145. The zero-order valence-corrected chi connectivity index (χ0v) is 19.1. The highest BCUT2D eigenvalue weighted by Gasteiger charge is 2.29. The Morgan fingerprint density at radius 1 is 1.12 bits per heavy atom. The largest absolute Gasteiger partial charge is 0.369 e. The third kappa shape index (κ3) is 5.09. The number of rotatable bonds is 5. The average molecular weight is 441 g/mol. The molecule has 32 heavy (non-hydrogen) atoms. The van der Waals surface area contributed by atoms with Gasteiger partial charge < -0.3 is 24.2 Å². The Kier molecular flexibility index (Phi) is 7.03. The molecule has 2 aliphatic rings. The van der Waals surface area contributed by atoms with Crippen molar-refractivity contribution in [2.75, 3.05) is 59.5 Å². The molecule has 1 unspecified atom stereocenters. The van der Waals surface area contributed by atoms with Crippen LogP contribution in [-0.2, 0) is 14.3 Å². The molecular formula is C24H32N4O4. The lowest BCUT2D eigenvalue weighted by atomic mass is 10.0. The van der Waals surface area contributed by atoms with Crippen LogP contribution in [0.4, 0.5) is 0 Å². The van der Waals surface area contributed by atoms with E-state index in [-0.39, 0.29) is 30.6 Å². The number of ether oxygens (including phenoxy) is 2. The molecule has 8 nitrogen and oxygen atoms in total. The second kappa shape index (κ2) is 9.94. The summed E-state index contributed by atoms with van der Waals surface area (Å²) >= 11 is 0. The molecule has 2 aromatic rings. The minimum Gasteiger partial charge on any atom is -0.369 e. The van der Waals surface area contributed by atoms with Crippen LogP contribution in [0.1, 0.15) is 36.0 Å². The van der Waals surface area contributed by atoms with Crippen LogP contribution in [0.2, 0.25) is 0 Å². The van der Waals surface area contributed by atoms with Gasteiger partial charge in [-0.15, -0.1) is 0 Å². The number of morpholine rings is 1. The number of hydrogen-bond acceptors (Lipinski definition) is 6. The van der Waals surface area contributed by atoms with Gasteiger partial charge in [0, 0.05) is 38.1 Å². The highest BCUT2D eigenvalue weighted by Crippen LogP contribution is 2.27. The summed E-state index contributed by atoms with van der Waals surface area (Å²) in [6.45, 7) is 8.37. The van der Waals surface area contributed by atoms with Crippen LogP contribution in [0.5, 0.6) is 0 Å². The number of carbonyl (C=O) groups is 2. The van der Waals surface area contributed by atoms with Crippen LogP contribution >= 0.6 is 0 Å². The monoisotopic (exact) mass is 440 g/mol. The molecule has 1 atom stereocenters. The van der Waals surface area contributed by atoms with Crippen molar-refractivity contribution in [3.8, 4) is 0 Å². The number of fused-ring (bicyclic) bond motifs is 1. The first-order chi connectivity index (χ1) is 15.4. The van der Waals surface area contributed by atoms with Crippen molar-refractivity contribution < 1.29 is 19.1 Å². The van der Waals surface area contributed by atoms with Crippen LogP contribution in [0, 0.1) is 0 Å². The Balaban J connectivity index is 1.59. The number of piperazine rings is 1. The second-order valence-electron chi connectivity index (χ2n) is 8.77. The first-order valence-corrected chi connectivity index (χ1v) is 11.3. The van der Waals surface area contributed by atoms with E-state index in [1.54, 1.807) is 4.90 Å². The first-order valence-electron chi connectivity index (χ1n) is 11.3. The molecule has 1 aromatic heterocycles. The van der Waals surface area contributed by atoms with Crippen LogP contribution in [0.15, 0.2) is 30.3 Å². The third-order valence-electron chi connectivity index (χ3n) is 6.05. The van der Waals surface area contributed by atoms with Gasteiger partial charge in [-0.2, -0.15) is 0 Å². The number of hydrogen-bond donors (Lipinski definition) is 0. The van der Waals surface area contributed by atoms with E-state index in [4.69, 9.17) is 14.5 Å². The fraction of sp³-hybridized carbons (Fsp3) is 0.542. The summed E-state index contributed by atoms with van der Waals surface area (Å²) in [7, 11) is 2.07. The number of amides is 2. The van der Waals surface area contributed by atoms with Gasteiger partial charge >= 0.3 is 0 Å². The topological polar surface area (TPSA) is 75.2 Å². The van der Waals surface area contributed by atoms with Crippen molar-refractivity contribution in [3.05, 3.63) is 41.6 Å². The van der Waals surface area contributed by atoms with Gasteiger partial charge in [0.05, 0.1) is 36.0 Å². The van der Waals surface area contributed by atoms with Crippen molar-refractivity contribution in [3.63, 3.8) is 0 Å². The minimum atomic E-state index is -0.379. The predicted molar refractivity (Wildman–Crippen MR) is 122 cm³/mol. The Morgan fingerprint density at radius 3 is 2.62 bits per heavy atom. The SMILES string of the molecule is CC(C)OCC(=O)N1CCOC(c2cc(C(=O)N3CCN(C)CC3)c3ccccc3n2)C1. The zero-order valence-electron chi connectivity index (χ0n) is 19.1. The maximum atomic E-state index is 13.4. The predicted octanol–water partition coefficient (Wildman–Crippen LogP) is 1.95. The van der Waals surface area contributed by atoms with E-state index >= 15 is 0 Å². The maximum absolute atomic E-state index is 13.4. The molecule has 0 N–H and O–H groups in total. The average Bonchev–Trinajstić information content (AvgIpc) is 2.82. The quantitative estimate of drug-likeness (QED) is 0.708. The second-order valence-corrected chi connectivity index (χ2v) is 8.77. The molecule has 0 aliphatic carbocycles. The highest BCUT2D eigenvalue weighted by molar-refractivity contribution is 6.06. The Hall–Kier alpha value is -2.55. The van der Waals surface area contributed by atoms with Gasteiger partial charge in [-0.05, 0) is 33.0 Å². The van der Waals surface area contributed by atoms with Gasteiger partial charge in [-0.25, -0.2) is 4.98 Å². The lowest BCUT2D eigenvalue weighted by Gasteiger charge is -2.34. The third-order valence-corrected chi connectivity index (χ3v) is 6.05. The molecular weight excluding hydrogens is 408 g/mol. The first kappa shape index (κ1) is 22.6. The molecule has 2 saturated heterocycles. The van der Waals surface area contributed by atoms with Gasteiger partial charge in [-0.3, -0.25) is 9.59 Å². The number of para-hydroxylation sites is 1. The molecule has 0 spiro atoms. The number of carbonyl (C=O) groups excluding carboxylic acids is 2. The smallest absolute Gasteiger partial charge is 0.254 e. The number of likely N-dealkylation sites (N-methyl/N-ethyl adjacent to an activating group) is 1. The number of benzene rings is 1. The summed E-state index contributed by atoms with van der Waals surface area (Å²) in [6, 6.07) is 9.56. The highest BCUT2D eigenvalue weighted by atomic mass is 16.5. The van der Waals surface area contributed by atoms with Crippen LogP contribution < -0.4 is 0 Å². The van der Waals surface area contributed by atoms with E-state index in [0.717, 1.165) is 24.0 Å². The van der Waals surface area contributed by atoms with Gasteiger partial charge in [0.15, 0.2) is 0 Å². The van der Waals surface area contributed by atoms with Crippen molar-refractivity contribution in [2.24, 2.45) is 0 Å². The minimum absolute atomic E-state index is 0.00101. The van der Waals surface area contributed by atoms with Gasteiger partial charge in [-0.1, -0.05) is 18.2 Å². The summed E-state index contributed by atoms with van der Waals surface area (Å²) in [5.41, 5.74) is 2.09. The van der Waals surface area contributed by atoms with Gasteiger partial charge in [0.2, 0.25) is 5.91 Å². The van der Waals surface area contributed by atoms with Gasteiger partial charge in [0.25, 0.3) is 5.91 Å². The van der Waals surface area contributed by atoms with E-state index in [1.807, 2.05) is 49.1 Å². The van der Waals surface area contributed by atoms with Gasteiger partial charge in [0.1, 0.15) is 12.7 Å². The molecule has 2 amide bonds. The van der Waals surface area contributed by atoms with E-state index in [0.29, 0.717) is 44.0 Å². The normalized spacial score (nSPS) is 20.2. The van der Waals surface area contributed by atoms with Crippen molar-refractivity contribution in [2.45, 2.75) is 26.1 Å². The molecule has 3 heterocycles. The number of aromatic nitrogens is 1. The molecule has 0 saturated carbocycles. The molecule has 1 aromatic carbocycles. The molecule has 8 heteroatoms. The number of nitrogens with zero attached hydrogens (tertiary/aromatic N) is 4. The van der Waals surface area contributed by atoms with Crippen molar-refractivity contribution >= 4 is 22.7 Å². The number of pyridine rings is 1. The summed E-state index contributed by atoms with van der Waals surface area (Å²) in [4.78, 5) is 36.7. The van der Waals surface area contributed by atoms with Crippen molar-refractivity contribution in [1.29, 1.82) is 0 Å². The van der Waals surface area contributed by atoms with Crippen LogP contribution in [-0.4, -0.2) is 97.1 Å². The standard InChI is InChI=1S/C24H32N4O4/c1-17(2)32-16-23(29)28-12-13-31-22(15-28)21-14-19(18-6-4-5-7-20(18)25-21)24(30)27-10-8-26(3)9-11-27/h4-7,14,17,22H,8-13,15-16H2,1-3H3. The lowest BCUT2D eigenvalue weighted by Crippen LogP contribution is -2.47. The molecule has 172 valence electrons. The Morgan fingerprint density at radius 2 is 1.88 bits per heavy atom. The van der Waals surface area contributed by atoms with Crippen LogP contribution in [0.3, 0.4) is 0 Å². The van der Waals surface area contributed by atoms with E-state index < -0.39 is 0 Å². The van der Waals surface area contributed by atoms with Crippen LogP contribution in [0.25, 0.3) is 10.9 Å². The van der Waals surface area contributed by atoms with E-state index in [2.05, 4.69) is 11.9 Å². The summed E-state index contributed by atoms with van der Waals surface area (Å²) < 4.78 is 11.5. The fourth-order valence-corrected chi connectivity index (χ4v) is 4.10. The molecule has 0 bridgehead atoms. The molecule has 2 fully saturated rings. The summed E-state index contributed by atoms with van der Waals surface area (Å²) in [6.07, 6.45) is -0.378. The molecule has 4 rings (SSSR count). The fourth-order valence-electron chi connectivity index (χ4n) is 4.10. The Labute approximate surface area is 189 Å². The Bertz CT molecular complexity index is 972. The summed E-state index contributed by atoms with van der Waals surface area (Å²) in [5.74, 6) is -0.0337. The zero-order chi connectivity index (χ0) is 22.7. The molecule has 0 radical (unpaired) electrons. The maximum Gasteiger partial charge on any atom is 0.254 e. The van der Waals surface area contributed by atoms with E-state index in [9.17, 15) is 9.59 Å². The molecule has 2 aliphatic heterocycles. The van der Waals surface area contributed by atoms with E-state index in [1.165, 1.54) is 0 Å². The summed E-state index contributed by atoms with van der Waals surface area (Å²) in [5, 5.41) is 0.842. The van der Waals surface area contributed by atoms with Crippen molar-refractivity contribution in [1.82, 2.24) is 19.7 Å².